The first kappa shape index (κ1) is 24.4. The number of ether oxygens (including phenoxy) is 1. The van der Waals surface area contributed by atoms with Crippen LogP contribution in [0.2, 0.25) is 5.02 Å². The smallest absolute Gasteiger partial charge is 0.262 e. The SMILES string of the molecule is COc1ncc(Cl)cc1N[C@@H](C)c1ccc(C(=O)N[C@@H](CC2CCCC2)C(=O)NC23CC(C2)C3)s1. The van der Waals surface area contributed by atoms with E-state index in [1.165, 1.54) is 30.4 Å². The topological polar surface area (TPSA) is 92.3 Å². The van der Waals surface area contributed by atoms with E-state index in [4.69, 9.17) is 16.3 Å². The van der Waals surface area contributed by atoms with Crippen molar-refractivity contribution < 1.29 is 14.3 Å². The van der Waals surface area contributed by atoms with E-state index < -0.39 is 6.04 Å². The van der Waals surface area contributed by atoms with Crippen LogP contribution in [0.4, 0.5) is 5.69 Å². The van der Waals surface area contributed by atoms with Crippen molar-refractivity contribution in [2.24, 2.45) is 11.8 Å². The Balaban J connectivity index is 1.24. The third-order valence-corrected chi connectivity index (χ3v) is 9.23. The van der Waals surface area contributed by atoms with Crippen molar-refractivity contribution in [3.05, 3.63) is 39.2 Å². The normalized spacial score (nSPS) is 24.6. The lowest BCUT2D eigenvalue weighted by Gasteiger charge is -2.62. The Hall–Kier alpha value is -2.32. The molecule has 2 heterocycles. The average Bonchev–Trinajstić information content (AvgIpc) is 3.47. The van der Waals surface area contributed by atoms with Gasteiger partial charge in [0.15, 0.2) is 0 Å². The van der Waals surface area contributed by atoms with Crippen LogP contribution in [0.1, 0.15) is 78.9 Å². The highest BCUT2D eigenvalue weighted by molar-refractivity contribution is 7.14. The molecular weight excluding hydrogens is 484 g/mol. The number of nitrogens with zero attached hydrogens (tertiary/aromatic N) is 1. The summed E-state index contributed by atoms with van der Waals surface area (Å²) in [4.78, 5) is 32.1. The lowest BCUT2D eigenvalue weighted by atomic mass is 9.50. The van der Waals surface area contributed by atoms with Crippen LogP contribution in [0, 0.1) is 11.8 Å². The van der Waals surface area contributed by atoms with Crippen molar-refractivity contribution in [3.8, 4) is 5.88 Å². The van der Waals surface area contributed by atoms with Crippen molar-refractivity contribution in [1.82, 2.24) is 15.6 Å². The van der Waals surface area contributed by atoms with E-state index in [1.807, 2.05) is 19.1 Å². The van der Waals surface area contributed by atoms with Gasteiger partial charge in [-0.15, -0.1) is 11.3 Å². The fourth-order valence-corrected chi connectivity index (χ4v) is 6.80. The van der Waals surface area contributed by atoms with Gasteiger partial charge < -0.3 is 20.7 Å². The predicted molar refractivity (Wildman–Crippen MR) is 138 cm³/mol. The molecule has 4 fully saturated rings. The number of methoxy groups -OCH3 is 1. The highest BCUT2D eigenvalue weighted by Crippen LogP contribution is 2.57. The van der Waals surface area contributed by atoms with E-state index in [-0.39, 0.29) is 23.4 Å². The minimum Gasteiger partial charge on any atom is -0.480 e. The fraction of sp³-hybridized carbons (Fsp3) is 0.577. The Morgan fingerprint density at radius 1 is 1.26 bits per heavy atom. The predicted octanol–water partition coefficient (Wildman–Crippen LogP) is 5.33. The molecule has 0 radical (unpaired) electrons. The molecule has 2 aromatic heterocycles. The zero-order chi connectivity index (χ0) is 24.6. The lowest BCUT2D eigenvalue weighted by molar-refractivity contribution is -0.135. The van der Waals surface area contributed by atoms with Gasteiger partial charge in [0, 0.05) is 16.6 Å². The molecule has 9 heteroatoms. The maximum Gasteiger partial charge on any atom is 0.262 e. The maximum absolute atomic E-state index is 13.2. The molecule has 0 aliphatic heterocycles. The second-order valence-corrected chi connectivity index (χ2v) is 12.0. The van der Waals surface area contributed by atoms with Crippen molar-refractivity contribution in [3.63, 3.8) is 0 Å². The first-order chi connectivity index (χ1) is 16.8. The molecule has 2 bridgehead atoms. The molecule has 2 atom stereocenters. The summed E-state index contributed by atoms with van der Waals surface area (Å²) in [5.41, 5.74) is 0.696. The Morgan fingerprint density at radius 2 is 2.00 bits per heavy atom. The Morgan fingerprint density at radius 3 is 2.66 bits per heavy atom. The van der Waals surface area contributed by atoms with Gasteiger partial charge in [-0.1, -0.05) is 37.3 Å². The monoisotopic (exact) mass is 516 g/mol. The summed E-state index contributed by atoms with van der Waals surface area (Å²) in [7, 11) is 1.56. The molecular formula is C26H33ClN4O3S. The highest BCUT2D eigenvalue weighted by Gasteiger charge is 2.57. The standard InChI is InChI=1S/C26H33ClN4O3S/c1-15(29-20-10-18(27)14-28-25(20)34-2)21-7-8-22(35-21)24(33)30-19(9-16-5-3-4-6-16)23(32)31-26-11-17(12-26)13-26/h7-8,10,14-17,19,29H,3-6,9,11-13H2,1-2H3,(H,30,33)(H,31,32)/t15-,17?,19-,26?/m0/s1. The number of pyridine rings is 1. The number of hydrogen-bond acceptors (Lipinski definition) is 6. The average molecular weight is 517 g/mol. The molecule has 0 spiro atoms. The van der Waals surface area contributed by atoms with Crippen LogP contribution in [-0.2, 0) is 4.79 Å². The zero-order valence-corrected chi connectivity index (χ0v) is 21.8. The van der Waals surface area contributed by atoms with E-state index in [0.29, 0.717) is 27.4 Å². The number of nitrogens with one attached hydrogen (secondary N) is 3. The number of halogens is 1. The minimum absolute atomic E-state index is 0.00779. The second kappa shape index (κ2) is 9.97. The van der Waals surface area contributed by atoms with E-state index in [2.05, 4.69) is 20.9 Å². The van der Waals surface area contributed by atoms with Crippen LogP contribution < -0.4 is 20.7 Å². The van der Waals surface area contributed by atoms with Gasteiger partial charge in [-0.2, -0.15) is 0 Å². The summed E-state index contributed by atoms with van der Waals surface area (Å²) >= 11 is 7.52. The van der Waals surface area contributed by atoms with Crippen LogP contribution in [-0.4, -0.2) is 35.5 Å². The Kier molecular flexibility index (Phi) is 6.95. The number of hydrogen-bond donors (Lipinski definition) is 3. The first-order valence-electron chi connectivity index (χ1n) is 12.5. The Labute approximate surface area is 215 Å². The van der Waals surface area contributed by atoms with Crippen molar-refractivity contribution in [1.29, 1.82) is 0 Å². The Bertz CT molecular complexity index is 1080. The highest BCUT2D eigenvalue weighted by atomic mass is 35.5. The summed E-state index contributed by atoms with van der Waals surface area (Å²) in [6.07, 6.45) is 10.2. The quantitative estimate of drug-likeness (QED) is 0.397. The fourth-order valence-electron chi connectivity index (χ4n) is 5.73. The van der Waals surface area contributed by atoms with Crippen molar-refractivity contribution in [2.75, 3.05) is 12.4 Å². The van der Waals surface area contributed by atoms with E-state index >= 15 is 0 Å². The van der Waals surface area contributed by atoms with Gasteiger partial charge in [0.1, 0.15) is 6.04 Å². The van der Waals surface area contributed by atoms with E-state index in [0.717, 1.165) is 49.3 Å². The number of carbonyl (C=O) groups is 2. The van der Waals surface area contributed by atoms with Gasteiger partial charge in [-0.3, -0.25) is 9.59 Å². The van der Waals surface area contributed by atoms with Gasteiger partial charge in [-0.05, 0) is 62.6 Å². The van der Waals surface area contributed by atoms with Gasteiger partial charge in [-0.25, -0.2) is 4.98 Å². The van der Waals surface area contributed by atoms with E-state index in [9.17, 15) is 9.59 Å². The van der Waals surface area contributed by atoms with Crippen LogP contribution >= 0.6 is 22.9 Å². The third-order valence-electron chi connectivity index (χ3n) is 7.75. The summed E-state index contributed by atoms with van der Waals surface area (Å²) < 4.78 is 5.32. The molecule has 4 saturated carbocycles. The molecule has 6 rings (SSSR count). The lowest BCUT2D eigenvalue weighted by Crippen LogP contribution is -2.70. The molecule has 3 N–H and O–H groups in total. The molecule has 2 aromatic rings. The zero-order valence-electron chi connectivity index (χ0n) is 20.2. The van der Waals surface area contributed by atoms with Crippen LogP contribution in [0.3, 0.4) is 0 Å². The number of rotatable bonds is 10. The molecule has 7 nitrogen and oxygen atoms in total. The van der Waals surface area contributed by atoms with Gasteiger partial charge >= 0.3 is 0 Å². The number of aromatic nitrogens is 1. The molecule has 4 aliphatic rings. The third kappa shape index (κ3) is 5.28. The van der Waals surface area contributed by atoms with Gasteiger partial charge in [0.05, 0.1) is 28.7 Å². The molecule has 0 unspecified atom stereocenters. The molecule has 188 valence electrons. The molecule has 35 heavy (non-hydrogen) atoms. The number of amides is 2. The first-order valence-corrected chi connectivity index (χ1v) is 13.7. The minimum atomic E-state index is -0.484. The van der Waals surface area contributed by atoms with Crippen LogP contribution in [0.25, 0.3) is 0 Å². The van der Waals surface area contributed by atoms with Gasteiger partial charge in [0.2, 0.25) is 11.8 Å². The second-order valence-electron chi connectivity index (χ2n) is 10.4. The van der Waals surface area contributed by atoms with Crippen LogP contribution in [0.5, 0.6) is 5.88 Å². The van der Waals surface area contributed by atoms with Crippen molar-refractivity contribution >= 4 is 40.4 Å². The van der Waals surface area contributed by atoms with Crippen LogP contribution in [0.15, 0.2) is 24.4 Å². The summed E-state index contributed by atoms with van der Waals surface area (Å²) in [5.74, 6) is 1.55. The number of anilines is 1. The molecule has 0 saturated heterocycles. The summed E-state index contributed by atoms with van der Waals surface area (Å²) in [6.45, 7) is 2.01. The number of carbonyl (C=O) groups excluding carboxylic acids is 2. The number of thiophene rings is 1. The largest absolute Gasteiger partial charge is 0.480 e. The van der Waals surface area contributed by atoms with Gasteiger partial charge in [0.25, 0.3) is 5.91 Å². The summed E-state index contributed by atoms with van der Waals surface area (Å²) in [6, 6.07) is 4.96. The summed E-state index contributed by atoms with van der Waals surface area (Å²) in [5, 5.41) is 10.2. The van der Waals surface area contributed by atoms with Crippen molar-refractivity contribution in [2.45, 2.75) is 75.9 Å². The maximum atomic E-state index is 13.2. The molecule has 4 aliphatic carbocycles. The molecule has 2 amide bonds. The molecule has 0 aromatic carbocycles. The van der Waals surface area contributed by atoms with E-state index in [1.54, 1.807) is 13.2 Å².